The number of esters is 1. The molecular formula is C12H11F3O2. The predicted octanol–water partition coefficient (Wildman–Crippen LogP) is 3.24. The summed E-state index contributed by atoms with van der Waals surface area (Å²) in [6.45, 7) is 0.806. The molecule has 1 rings (SSSR count). The third-order valence-electron chi connectivity index (χ3n) is 1.93. The van der Waals surface area contributed by atoms with Crippen LogP contribution in [0.2, 0.25) is 0 Å². The van der Waals surface area contributed by atoms with Gasteiger partial charge in [-0.1, -0.05) is 30.3 Å². The first-order valence-electron chi connectivity index (χ1n) is 4.94. The molecule has 0 spiro atoms. The first kappa shape index (κ1) is 13.3. The second kappa shape index (κ2) is 6.08. The Kier molecular flexibility index (Phi) is 4.75. The topological polar surface area (TPSA) is 26.3 Å². The zero-order valence-electron chi connectivity index (χ0n) is 9.12. The highest BCUT2D eigenvalue weighted by Gasteiger charge is 2.18. The Balaban J connectivity index is 2.59. The van der Waals surface area contributed by atoms with Gasteiger partial charge in [0, 0.05) is 0 Å². The van der Waals surface area contributed by atoms with Crippen LogP contribution in [0, 0.1) is 0 Å². The summed E-state index contributed by atoms with van der Waals surface area (Å²) in [7, 11) is 0. The van der Waals surface area contributed by atoms with E-state index in [1.165, 1.54) is 0 Å². The smallest absolute Gasteiger partial charge is 0.317 e. The number of allylic oxidation sites excluding steroid dienone is 1. The zero-order valence-corrected chi connectivity index (χ0v) is 9.12. The number of hydrogen-bond donors (Lipinski definition) is 0. The Morgan fingerprint density at radius 2 is 1.88 bits per heavy atom. The Hall–Kier alpha value is -1.78. The summed E-state index contributed by atoms with van der Waals surface area (Å²) >= 11 is 0. The van der Waals surface area contributed by atoms with Gasteiger partial charge in [0.05, 0.1) is 6.42 Å². The number of ether oxygens (including phenoxy) is 1. The first-order chi connectivity index (χ1) is 8.00. The third kappa shape index (κ3) is 4.30. The van der Waals surface area contributed by atoms with E-state index in [0.29, 0.717) is 5.56 Å². The fourth-order valence-corrected chi connectivity index (χ4v) is 1.10. The number of carbonyl (C=O) groups is 1. The van der Waals surface area contributed by atoms with Crippen LogP contribution in [-0.2, 0) is 16.0 Å². The van der Waals surface area contributed by atoms with Gasteiger partial charge < -0.3 is 4.74 Å². The fourth-order valence-electron chi connectivity index (χ4n) is 1.10. The highest BCUT2D eigenvalue weighted by Crippen LogP contribution is 2.16. The number of rotatable bonds is 4. The summed E-state index contributed by atoms with van der Waals surface area (Å²) in [5.74, 6) is -2.70. The number of alkyl halides is 1. The van der Waals surface area contributed by atoms with Gasteiger partial charge in [0.1, 0.15) is 0 Å². The minimum atomic E-state index is -2.14. The van der Waals surface area contributed by atoms with Gasteiger partial charge in [-0.15, -0.1) is 0 Å². The zero-order chi connectivity index (χ0) is 12.8. The van der Waals surface area contributed by atoms with Crippen LogP contribution in [0.15, 0.2) is 42.2 Å². The Labute approximate surface area is 96.7 Å². The lowest BCUT2D eigenvalue weighted by atomic mass is 10.2. The summed E-state index contributed by atoms with van der Waals surface area (Å²) in [6, 6.07) is 6.59. The molecule has 5 heteroatoms. The quantitative estimate of drug-likeness (QED) is 0.600. The Morgan fingerprint density at radius 1 is 1.29 bits per heavy atom. The lowest BCUT2D eigenvalue weighted by Gasteiger charge is -2.03. The fraction of sp³-hybridized carbons (Fsp3) is 0.250. The average Bonchev–Trinajstić information content (AvgIpc) is 2.28. The van der Waals surface area contributed by atoms with Crippen molar-refractivity contribution in [2.75, 3.05) is 0 Å². The van der Waals surface area contributed by atoms with E-state index >= 15 is 0 Å². The monoisotopic (exact) mass is 244 g/mol. The van der Waals surface area contributed by atoms with Crippen LogP contribution in [0.25, 0.3) is 0 Å². The van der Waals surface area contributed by atoms with Gasteiger partial charge in [-0.05, 0) is 12.5 Å². The standard InChI is InChI=1S/C12H11F3O2/c1-8(13)11(14)12(15)17-10(16)7-9-5-3-2-4-6-9/h2-6,8H,7H2,1H3/b12-11-. The second-order valence-electron chi connectivity index (χ2n) is 3.37. The lowest BCUT2D eigenvalue weighted by molar-refractivity contribution is -0.141. The summed E-state index contributed by atoms with van der Waals surface area (Å²) in [5, 5.41) is 0. The van der Waals surface area contributed by atoms with Crippen LogP contribution in [0.4, 0.5) is 13.2 Å². The van der Waals surface area contributed by atoms with Crippen LogP contribution in [0.1, 0.15) is 12.5 Å². The SMILES string of the molecule is CC(F)/C(F)=C(\F)OC(=O)Cc1ccccc1. The summed E-state index contributed by atoms with van der Waals surface area (Å²) in [4.78, 5) is 11.2. The minimum absolute atomic E-state index is 0.206. The molecule has 2 nitrogen and oxygen atoms in total. The van der Waals surface area contributed by atoms with E-state index in [9.17, 15) is 18.0 Å². The number of carbonyl (C=O) groups excluding carboxylic acids is 1. The molecule has 0 heterocycles. The molecule has 0 amide bonds. The molecule has 1 atom stereocenters. The highest BCUT2D eigenvalue weighted by atomic mass is 19.2. The molecular weight excluding hydrogens is 233 g/mol. The molecule has 0 bridgehead atoms. The average molecular weight is 244 g/mol. The van der Waals surface area contributed by atoms with E-state index in [4.69, 9.17) is 0 Å². The van der Waals surface area contributed by atoms with E-state index in [1.807, 2.05) is 0 Å². The van der Waals surface area contributed by atoms with Crippen molar-refractivity contribution in [2.24, 2.45) is 0 Å². The summed E-state index contributed by atoms with van der Waals surface area (Å²) in [5.41, 5.74) is 0.596. The van der Waals surface area contributed by atoms with Crippen molar-refractivity contribution >= 4 is 5.97 Å². The molecule has 0 N–H and O–H groups in total. The van der Waals surface area contributed by atoms with Crippen LogP contribution in [0.3, 0.4) is 0 Å². The first-order valence-corrected chi connectivity index (χ1v) is 4.94. The molecule has 0 aromatic heterocycles. The van der Waals surface area contributed by atoms with Gasteiger partial charge in [-0.25, -0.2) is 8.78 Å². The largest absolute Gasteiger partial charge is 0.396 e. The summed E-state index contributed by atoms with van der Waals surface area (Å²) in [6.07, 6.45) is -2.35. The van der Waals surface area contributed by atoms with Gasteiger partial charge in [-0.2, -0.15) is 4.39 Å². The Morgan fingerprint density at radius 3 is 2.41 bits per heavy atom. The molecule has 0 saturated heterocycles. The van der Waals surface area contributed by atoms with Gasteiger partial charge in [-0.3, -0.25) is 4.79 Å². The predicted molar refractivity (Wildman–Crippen MR) is 56.1 cm³/mol. The molecule has 0 aliphatic rings. The maximum atomic E-state index is 12.8. The van der Waals surface area contributed by atoms with Gasteiger partial charge in [0.2, 0.25) is 5.83 Å². The van der Waals surface area contributed by atoms with Crippen LogP contribution >= 0.6 is 0 Å². The van der Waals surface area contributed by atoms with Crippen molar-refractivity contribution in [3.8, 4) is 0 Å². The number of hydrogen-bond acceptors (Lipinski definition) is 2. The molecule has 0 fully saturated rings. The van der Waals surface area contributed by atoms with Crippen molar-refractivity contribution in [3.05, 3.63) is 47.7 Å². The van der Waals surface area contributed by atoms with E-state index in [1.54, 1.807) is 30.3 Å². The minimum Gasteiger partial charge on any atom is -0.396 e. The van der Waals surface area contributed by atoms with Crippen molar-refractivity contribution in [1.82, 2.24) is 0 Å². The van der Waals surface area contributed by atoms with Crippen LogP contribution < -0.4 is 0 Å². The van der Waals surface area contributed by atoms with E-state index in [-0.39, 0.29) is 6.42 Å². The second-order valence-corrected chi connectivity index (χ2v) is 3.37. The van der Waals surface area contributed by atoms with Crippen LogP contribution in [0.5, 0.6) is 0 Å². The lowest BCUT2D eigenvalue weighted by Crippen LogP contribution is -2.08. The highest BCUT2D eigenvalue weighted by molar-refractivity contribution is 5.73. The van der Waals surface area contributed by atoms with Gasteiger partial charge in [0.25, 0.3) is 0 Å². The van der Waals surface area contributed by atoms with E-state index in [2.05, 4.69) is 4.74 Å². The maximum absolute atomic E-state index is 12.8. The molecule has 17 heavy (non-hydrogen) atoms. The van der Waals surface area contributed by atoms with E-state index in [0.717, 1.165) is 6.92 Å². The number of benzene rings is 1. The molecule has 0 saturated carbocycles. The molecule has 0 radical (unpaired) electrons. The molecule has 1 unspecified atom stereocenters. The van der Waals surface area contributed by atoms with Crippen molar-refractivity contribution in [2.45, 2.75) is 19.5 Å². The third-order valence-corrected chi connectivity index (χ3v) is 1.93. The Bertz CT molecular complexity index is 413. The van der Waals surface area contributed by atoms with Crippen molar-refractivity contribution < 1.29 is 22.7 Å². The number of halogens is 3. The van der Waals surface area contributed by atoms with Crippen LogP contribution in [-0.4, -0.2) is 12.1 Å². The molecule has 0 aliphatic carbocycles. The normalized spacial score (nSPS) is 13.9. The van der Waals surface area contributed by atoms with Crippen molar-refractivity contribution in [1.29, 1.82) is 0 Å². The molecule has 1 aromatic rings. The van der Waals surface area contributed by atoms with Gasteiger partial charge >= 0.3 is 12.0 Å². The summed E-state index contributed by atoms with van der Waals surface area (Å²) < 4.78 is 41.9. The molecule has 92 valence electrons. The van der Waals surface area contributed by atoms with Gasteiger partial charge in [0.15, 0.2) is 6.17 Å². The molecule has 0 aliphatic heterocycles. The van der Waals surface area contributed by atoms with E-state index < -0.39 is 24.0 Å². The van der Waals surface area contributed by atoms with Crippen molar-refractivity contribution in [3.63, 3.8) is 0 Å². The maximum Gasteiger partial charge on any atom is 0.317 e. The molecule has 1 aromatic carbocycles.